The number of hydrogen-bond donors (Lipinski definition) is 0. The van der Waals surface area contributed by atoms with Crippen LogP contribution in [0.4, 0.5) is 13.2 Å². The van der Waals surface area contributed by atoms with Crippen LogP contribution in [0.1, 0.15) is 29.4 Å². The monoisotopic (exact) mass is 297 g/mol. The fraction of sp³-hybridized carbons (Fsp3) is 0.333. The van der Waals surface area contributed by atoms with Crippen molar-refractivity contribution >= 4 is 21.9 Å². The van der Waals surface area contributed by atoms with E-state index in [1.807, 2.05) is 0 Å². The van der Waals surface area contributed by atoms with E-state index in [1.54, 1.807) is 0 Å². The van der Waals surface area contributed by atoms with Gasteiger partial charge in [-0.15, -0.1) is 0 Å². The summed E-state index contributed by atoms with van der Waals surface area (Å²) in [7, 11) is 0. The van der Waals surface area contributed by atoms with Crippen LogP contribution in [-0.2, 0) is 4.74 Å². The molecule has 0 saturated heterocycles. The molecule has 0 aromatic carbocycles. The lowest BCUT2D eigenvalue weighted by Gasteiger charge is -2.09. The number of halogens is 4. The van der Waals surface area contributed by atoms with Crippen LogP contribution in [0.3, 0.4) is 0 Å². The van der Waals surface area contributed by atoms with Gasteiger partial charge in [-0.1, -0.05) is 0 Å². The molecule has 88 valence electrons. The van der Waals surface area contributed by atoms with E-state index >= 15 is 0 Å². The molecule has 0 radical (unpaired) electrons. The normalized spacial score (nSPS) is 10.6. The number of carbonyl (C=O) groups excluding carboxylic acids is 1. The number of pyridine rings is 1. The molecule has 0 amide bonds. The van der Waals surface area contributed by atoms with Gasteiger partial charge in [0.05, 0.1) is 6.61 Å². The number of hydrogen-bond acceptors (Lipinski definition) is 3. The van der Waals surface area contributed by atoms with E-state index in [0.717, 1.165) is 6.07 Å². The molecule has 0 atom stereocenters. The number of nitrogens with zero attached hydrogens (tertiary/aromatic N) is 1. The Hall–Kier alpha value is -1.11. The van der Waals surface area contributed by atoms with Crippen molar-refractivity contribution in [3.8, 4) is 0 Å². The molecule has 0 bridgehead atoms. The van der Waals surface area contributed by atoms with Crippen LogP contribution >= 0.6 is 15.9 Å². The second kappa shape index (κ2) is 5.29. The van der Waals surface area contributed by atoms with Gasteiger partial charge in [0.25, 0.3) is 6.43 Å². The van der Waals surface area contributed by atoms with E-state index in [0.29, 0.717) is 0 Å². The summed E-state index contributed by atoms with van der Waals surface area (Å²) >= 11 is 2.82. The molecule has 1 rings (SSSR count). The van der Waals surface area contributed by atoms with Crippen molar-refractivity contribution in [3.63, 3.8) is 0 Å². The first-order chi connectivity index (χ1) is 7.47. The van der Waals surface area contributed by atoms with Gasteiger partial charge in [-0.3, -0.25) is 0 Å². The summed E-state index contributed by atoms with van der Waals surface area (Å²) in [4.78, 5) is 14.3. The molecule has 0 spiro atoms. The maximum absolute atomic E-state index is 12.8. The largest absolute Gasteiger partial charge is 0.462 e. The maximum Gasteiger partial charge on any atom is 0.341 e. The van der Waals surface area contributed by atoms with E-state index in [4.69, 9.17) is 0 Å². The molecule has 0 unspecified atom stereocenters. The van der Waals surface area contributed by atoms with Gasteiger partial charge in [0.2, 0.25) is 5.95 Å². The Morgan fingerprint density at radius 1 is 1.62 bits per heavy atom. The lowest BCUT2D eigenvalue weighted by atomic mass is 10.2. The highest BCUT2D eigenvalue weighted by atomic mass is 79.9. The second-order valence-electron chi connectivity index (χ2n) is 2.71. The topological polar surface area (TPSA) is 39.2 Å². The third kappa shape index (κ3) is 2.72. The lowest BCUT2D eigenvalue weighted by molar-refractivity contribution is 0.0511. The Morgan fingerprint density at radius 2 is 2.25 bits per heavy atom. The Labute approximate surface area is 97.8 Å². The third-order valence-electron chi connectivity index (χ3n) is 1.65. The fourth-order valence-electron chi connectivity index (χ4n) is 1.07. The fourth-order valence-corrected chi connectivity index (χ4v) is 1.62. The SMILES string of the molecule is CCOC(=O)c1c(Br)cc(F)nc1C(F)F. The maximum atomic E-state index is 12.8. The van der Waals surface area contributed by atoms with Gasteiger partial charge in [-0.05, 0) is 22.9 Å². The minimum Gasteiger partial charge on any atom is -0.462 e. The molecule has 0 aliphatic carbocycles. The van der Waals surface area contributed by atoms with Gasteiger partial charge in [-0.25, -0.2) is 18.6 Å². The summed E-state index contributed by atoms with van der Waals surface area (Å²) in [6, 6.07) is 0.831. The zero-order valence-electron chi connectivity index (χ0n) is 8.14. The highest BCUT2D eigenvalue weighted by Crippen LogP contribution is 2.28. The van der Waals surface area contributed by atoms with Crippen molar-refractivity contribution < 1.29 is 22.7 Å². The van der Waals surface area contributed by atoms with E-state index in [1.165, 1.54) is 6.92 Å². The summed E-state index contributed by atoms with van der Waals surface area (Å²) in [5.41, 5.74) is -1.37. The molecule has 1 heterocycles. The minimum atomic E-state index is -3.05. The van der Waals surface area contributed by atoms with Crippen LogP contribution in [0.15, 0.2) is 10.5 Å². The number of ether oxygens (including phenoxy) is 1. The molecule has 3 nitrogen and oxygen atoms in total. The standard InChI is InChI=1S/C9H7BrF3NO2/c1-2-16-9(15)6-4(10)3-5(11)14-7(6)8(12)13/h3,8H,2H2,1H3. The number of alkyl halides is 2. The Morgan fingerprint density at radius 3 is 2.75 bits per heavy atom. The molecule has 1 aromatic rings. The zero-order chi connectivity index (χ0) is 12.3. The van der Waals surface area contributed by atoms with Crippen molar-refractivity contribution in [1.29, 1.82) is 0 Å². The Bertz CT molecular complexity index is 412. The number of rotatable bonds is 3. The predicted molar refractivity (Wildman–Crippen MR) is 52.8 cm³/mol. The molecular weight excluding hydrogens is 291 g/mol. The summed E-state index contributed by atoms with van der Waals surface area (Å²) < 4.78 is 42.3. The summed E-state index contributed by atoms with van der Waals surface area (Å²) in [5.74, 6) is -2.05. The summed E-state index contributed by atoms with van der Waals surface area (Å²) in [6.07, 6.45) is -3.05. The lowest BCUT2D eigenvalue weighted by Crippen LogP contribution is -2.12. The van der Waals surface area contributed by atoms with Crippen molar-refractivity contribution in [2.75, 3.05) is 6.61 Å². The Kier molecular flexibility index (Phi) is 4.28. The first kappa shape index (κ1) is 13.0. The van der Waals surface area contributed by atoms with Crippen LogP contribution in [0.2, 0.25) is 0 Å². The molecule has 1 aromatic heterocycles. The summed E-state index contributed by atoms with van der Waals surface area (Å²) in [6.45, 7) is 1.57. The molecule has 0 fully saturated rings. The van der Waals surface area contributed by atoms with Gasteiger partial charge in [0, 0.05) is 10.5 Å². The van der Waals surface area contributed by atoms with E-state index in [-0.39, 0.29) is 11.1 Å². The molecule has 0 aliphatic heterocycles. The van der Waals surface area contributed by atoms with Gasteiger partial charge < -0.3 is 4.74 Å². The van der Waals surface area contributed by atoms with Gasteiger partial charge in [0.15, 0.2) is 0 Å². The van der Waals surface area contributed by atoms with E-state index in [2.05, 4.69) is 25.7 Å². The summed E-state index contributed by atoms with van der Waals surface area (Å²) in [5, 5.41) is 0. The van der Waals surface area contributed by atoms with Crippen molar-refractivity contribution in [2.45, 2.75) is 13.3 Å². The number of carbonyl (C=O) groups is 1. The van der Waals surface area contributed by atoms with Crippen molar-refractivity contribution in [3.05, 3.63) is 27.7 Å². The molecule has 0 N–H and O–H groups in total. The predicted octanol–water partition coefficient (Wildman–Crippen LogP) is 3.10. The highest BCUT2D eigenvalue weighted by molar-refractivity contribution is 9.10. The Balaban J connectivity index is 3.29. The van der Waals surface area contributed by atoms with E-state index in [9.17, 15) is 18.0 Å². The third-order valence-corrected chi connectivity index (χ3v) is 2.28. The first-order valence-electron chi connectivity index (χ1n) is 4.28. The average molecular weight is 298 g/mol. The van der Waals surface area contributed by atoms with Crippen LogP contribution in [0.25, 0.3) is 0 Å². The molecule has 0 saturated carbocycles. The van der Waals surface area contributed by atoms with Crippen molar-refractivity contribution in [2.24, 2.45) is 0 Å². The first-order valence-corrected chi connectivity index (χ1v) is 5.07. The minimum absolute atomic E-state index is 0.0331. The quantitative estimate of drug-likeness (QED) is 0.636. The zero-order valence-corrected chi connectivity index (χ0v) is 9.72. The van der Waals surface area contributed by atoms with Crippen LogP contribution in [0, 0.1) is 5.95 Å². The van der Waals surface area contributed by atoms with Gasteiger partial charge in [0.1, 0.15) is 11.3 Å². The van der Waals surface area contributed by atoms with Gasteiger partial charge in [-0.2, -0.15) is 4.39 Å². The molecular formula is C9H7BrF3NO2. The highest BCUT2D eigenvalue weighted by Gasteiger charge is 2.25. The molecule has 0 aliphatic rings. The smallest absolute Gasteiger partial charge is 0.341 e. The van der Waals surface area contributed by atoms with Crippen LogP contribution in [-0.4, -0.2) is 17.6 Å². The van der Waals surface area contributed by atoms with Crippen LogP contribution < -0.4 is 0 Å². The number of aromatic nitrogens is 1. The average Bonchev–Trinajstić information content (AvgIpc) is 2.16. The number of esters is 1. The molecule has 16 heavy (non-hydrogen) atoms. The van der Waals surface area contributed by atoms with Gasteiger partial charge >= 0.3 is 5.97 Å². The molecule has 7 heteroatoms. The van der Waals surface area contributed by atoms with Crippen molar-refractivity contribution in [1.82, 2.24) is 4.98 Å². The van der Waals surface area contributed by atoms with E-state index < -0.39 is 29.6 Å². The second-order valence-corrected chi connectivity index (χ2v) is 3.56. The van der Waals surface area contributed by atoms with Crippen LogP contribution in [0.5, 0.6) is 0 Å².